The van der Waals surface area contributed by atoms with E-state index in [1.807, 2.05) is 24.3 Å². The first-order valence-electron chi connectivity index (χ1n) is 5.09. The summed E-state index contributed by atoms with van der Waals surface area (Å²) < 4.78 is 0. The van der Waals surface area contributed by atoms with Crippen LogP contribution in [0.25, 0.3) is 0 Å². The molecule has 0 aliphatic heterocycles. The van der Waals surface area contributed by atoms with Crippen molar-refractivity contribution in [3.8, 4) is 0 Å². The van der Waals surface area contributed by atoms with Crippen molar-refractivity contribution in [2.24, 2.45) is 0 Å². The Labute approximate surface area is 89.4 Å². The quantitative estimate of drug-likeness (QED) is 0.779. The van der Waals surface area contributed by atoms with E-state index in [0.29, 0.717) is 12.8 Å². The molecule has 0 saturated heterocycles. The summed E-state index contributed by atoms with van der Waals surface area (Å²) >= 11 is 0. The van der Waals surface area contributed by atoms with E-state index < -0.39 is 12.1 Å². The molecule has 0 saturated carbocycles. The molecule has 0 aromatic heterocycles. The number of benzene rings is 1. The van der Waals surface area contributed by atoms with Gasteiger partial charge in [-0.05, 0) is 30.9 Å². The standard InChI is InChI=1S/C12H16O3/c1-9(13)11-7-3-2-5-10(11)6-4-8-12(14)15/h2-3,5,7,9,13H,4,6,8H2,1H3,(H,14,15). The van der Waals surface area contributed by atoms with E-state index in [1.165, 1.54) is 0 Å². The van der Waals surface area contributed by atoms with Crippen LogP contribution in [0.4, 0.5) is 0 Å². The molecule has 0 fully saturated rings. The molecule has 1 aromatic rings. The monoisotopic (exact) mass is 208 g/mol. The van der Waals surface area contributed by atoms with Crippen molar-refractivity contribution in [1.29, 1.82) is 0 Å². The molecule has 0 radical (unpaired) electrons. The van der Waals surface area contributed by atoms with E-state index in [2.05, 4.69) is 0 Å². The van der Waals surface area contributed by atoms with Crippen molar-refractivity contribution in [3.05, 3.63) is 35.4 Å². The zero-order valence-corrected chi connectivity index (χ0v) is 8.81. The average molecular weight is 208 g/mol. The highest BCUT2D eigenvalue weighted by molar-refractivity contribution is 5.66. The van der Waals surface area contributed by atoms with Crippen molar-refractivity contribution in [2.75, 3.05) is 0 Å². The predicted molar refractivity (Wildman–Crippen MR) is 57.6 cm³/mol. The minimum atomic E-state index is -0.774. The van der Waals surface area contributed by atoms with Crippen LogP contribution in [-0.2, 0) is 11.2 Å². The molecule has 0 heterocycles. The van der Waals surface area contributed by atoms with Gasteiger partial charge in [0.25, 0.3) is 0 Å². The fourth-order valence-electron chi connectivity index (χ4n) is 1.60. The van der Waals surface area contributed by atoms with Gasteiger partial charge in [-0.15, -0.1) is 0 Å². The summed E-state index contributed by atoms with van der Waals surface area (Å²) in [7, 11) is 0. The topological polar surface area (TPSA) is 57.5 Å². The smallest absolute Gasteiger partial charge is 0.303 e. The Kier molecular flexibility index (Phi) is 4.31. The second-order valence-corrected chi connectivity index (χ2v) is 3.62. The molecule has 1 atom stereocenters. The number of carbonyl (C=O) groups is 1. The van der Waals surface area contributed by atoms with Crippen LogP contribution in [0, 0.1) is 0 Å². The van der Waals surface area contributed by atoms with Crippen molar-refractivity contribution in [2.45, 2.75) is 32.3 Å². The summed E-state index contributed by atoms with van der Waals surface area (Å²) in [5.41, 5.74) is 1.93. The maximum absolute atomic E-state index is 10.4. The first-order chi connectivity index (χ1) is 7.11. The van der Waals surface area contributed by atoms with E-state index >= 15 is 0 Å². The molecule has 1 unspecified atom stereocenters. The van der Waals surface area contributed by atoms with Gasteiger partial charge in [-0.1, -0.05) is 24.3 Å². The molecular weight excluding hydrogens is 192 g/mol. The molecule has 1 aromatic carbocycles. The molecular formula is C12H16O3. The van der Waals surface area contributed by atoms with Crippen LogP contribution in [0.3, 0.4) is 0 Å². The molecule has 0 amide bonds. The van der Waals surface area contributed by atoms with Crippen molar-refractivity contribution < 1.29 is 15.0 Å². The van der Waals surface area contributed by atoms with Crippen LogP contribution in [0.15, 0.2) is 24.3 Å². The fraction of sp³-hybridized carbons (Fsp3) is 0.417. The van der Waals surface area contributed by atoms with E-state index in [0.717, 1.165) is 11.1 Å². The van der Waals surface area contributed by atoms with E-state index in [-0.39, 0.29) is 6.42 Å². The average Bonchev–Trinajstić information content (AvgIpc) is 2.17. The first-order valence-corrected chi connectivity index (χ1v) is 5.09. The Hall–Kier alpha value is -1.35. The van der Waals surface area contributed by atoms with Crippen LogP contribution >= 0.6 is 0 Å². The number of hydrogen-bond acceptors (Lipinski definition) is 2. The third kappa shape index (κ3) is 3.72. The van der Waals surface area contributed by atoms with Gasteiger partial charge in [-0.2, -0.15) is 0 Å². The van der Waals surface area contributed by atoms with Crippen molar-refractivity contribution in [1.82, 2.24) is 0 Å². The number of carboxylic acid groups (broad SMARTS) is 1. The third-order valence-electron chi connectivity index (χ3n) is 2.34. The summed E-state index contributed by atoms with van der Waals surface area (Å²) in [6.07, 6.45) is 0.992. The normalized spacial score (nSPS) is 12.4. The molecule has 2 N–H and O–H groups in total. The maximum Gasteiger partial charge on any atom is 0.303 e. The summed E-state index contributed by atoms with van der Waals surface area (Å²) in [6.45, 7) is 1.72. The zero-order chi connectivity index (χ0) is 11.3. The van der Waals surface area contributed by atoms with Crippen LogP contribution < -0.4 is 0 Å². The number of aliphatic hydroxyl groups excluding tert-OH is 1. The number of aliphatic hydroxyl groups is 1. The highest BCUT2D eigenvalue weighted by atomic mass is 16.4. The van der Waals surface area contributed by atoms with Crippen LogP contribution in [0.5, 0.6) is 0 Å². The Bertz CT molecular complexity index is 331. The van der Waals surface area contributed by atoms with Gasteiger partial charge in [0.2, 0.25) is 0 Å². The number of hydrogen-bond donors (Lipinski definition) is 2. The molecule has 1 rings (SSSR count). The maximum atomic E-state index is 10.4. The second-order valence-electron chi connectivity index (χ2n) is 3.62. The summed E-state index contributed by atoms with van der Waals surface area (Å²) in [5, 5.41) is 18.0. The van der Waals surface area contributed by atoms with Crippen molar-refractivity contribution >= 4 is 5.97 Å². The lowest BCUT2D eigenvalue weighted by atomic mass is 9.99. The predicted octanol–water partition coefficient (Wildman–Crippen LogP) is 2.15. The molecule has 15 heavy (non-hydrogen) atoms. The Morgan fingerprint density at radius 3 is 2.67 bits per heavy atom. The first kappa shape index (κ1) is 11.7. The van der Waals surface area contributed by atoms with Crippen LogP contribution in [0.1, 0.15) is 37.0 Å². The zero-order valence-electron chi connectivity index (χ0n) is 8.81. The molecule has 0 spiro atoms. The van der Waals surface area contributed by atoms with Gasteiger partial charge in [0.15, 0.2) is 0 Å². The number of rotatable bonds is 5. The van der Waals surface area contributed by atoms with Gasteiger partial charge in [0, 0.05) is 6.42 Å². The molecule has 0 aliphatic carbocycles. The highest BCUT2D eigenvalue weighted by Gasteiger charge is 2.07. The van der Waals surface area contributed by atoms with Gasteiger partial charge in [0.05, 0.1) is 6.10 Å². The fourth-order valence-corrected chi connectivity index (χ4v) is 1.60. The Morgan fingerprint density at radius 2 is 2.07 bits per heavy atom. The van der Waals surface area contributed by atoms with Gasteiger partial charge in [-0.3, -0.25) is 4.79 Å². The molecule has 82 valence electrons. The minimum Gasteiger partial charge on any atom is -0.481 e. The second kappa shape index (κ2) is 5.51. The molecule has 3 nitrogen and oxygen atoms in total. The van der Waals surface area contributed by atoms with Gasteiger partial charge in [-0.25, -0.2) is 0 Å². The number of aryl methyl sites for hydroxylation is 1. The summed E-state index contributed by atoms with van der Waals surface area (Å²) in [4.78, 5) is 10.4. The Morgan fingerprint density at radius 1 is 1.40 bits per heavy atom. The summed E-state index contributed by atoms with van der Waals surface area (Å²) in [6, 6.07) is 7.59. The SMILES string of the molecule is CC(O)c1ccccc1CCCC(=O)O. The van der Waals surface area contributed by atoms with E-state index in [1.54, 1.807) is 6.92 Å². The summed E-state index contributed by atoms with van der Waals surface area (Å²) in [5.74, 6) is -0.774. The Balaban J connectivity index is 2.63. The van der Waals surface area contributed by atoms with E-state index in [4.69, 9.17) is 5.11 Å². The largest absolute Gasteiger partial charge is 0.481 e. The van der Waals surface area contributed by atoms with E-state index in [9.17, 15) is 9.90 Å². The number of carboxylic acids is 1. The highest BCUT2D eigenvalue weighted by Crippen LogP contribution is 2.19. The lowest BCUT2D eigenvalue weighted by molar-refractivity contribution is -0.137. The lowest BCUT2D eigenvalue weighted by Gasteiger charge is -2.10. The van der Waals surface area contributed by atoms with Crippen molar-refractivity contribution in [3.63, 3.8) is 0 Å². The van der Waals surface area contributed by atoms with Gasteiger partial charge < -0.3 is 10.2 Å². The molecule has 3 heteroatoms. The number of aliphatic carboxylic acids is 1. The van der Waals surface area contributed by atoms with Crippen LogP contribution in [0.2, 0.25) is 0 Å². The lowest BCUT2D eigenvalue weighted by Crippen LogP contribution is -2.00. The minimum absolute atomic E-state index is 0.175. The van der Waals surface area contributed by atoms with Crippen LogP contribution in [-0.4, -0.2) is 16.2 Å². The third-order valence-corrected chi connectivity index (χ3v) is 2.34. The van der Waals surface area contributed by atoms with Gasteiger partial charge in [0.1, 0.15) is 0 Å². The molecule has 0 bridgehead atoms. The van der Waals surface area contributed by atoms with Gasteiger partial charge >= 0.3 is 5.97 Å². The molecule has 0 aliphatic rings.